The molecule has 0 aliphatic carbocycles. The van der Waals surface area contributed by atoms with Crippen molar-refractivity contribution in [2.24, 2.45) is 5.92 Å². The highest BCUT2D eigenvalue weighted by Crippen LogP contribution is 2.43. The van der Waals surface area contributed by atoms with E-state index in [9.17, 15) is 18.3 Å². The molecule has 1 fully saturated rings. The summed E-state index contributed by atoms with van der Waals surface area (Å²) in [6.45, 7) is 0.922. The minimum absolute atomic E-state index is 0.183. The maximum Gasteiger partial charge on any atom is 0.283 e. The van der Waals surface area contributed by atoms with E-state index in [1.165, 1.54) is 23.1 Å². The summed E-state index contributed by atoms with van der Waals surface area (Å²) in [5, 5.41) is 10.2. The van der Waals surface area contributed by atoms with Gasteiger partial charge in [-0.05, 0) is 43.0 Å². The van der Waals surface area contributed by atoms with Crippen LogP contribution in [-0.4, -0.2) is 71.3 Å². The molecule has 3 atom stereocenters. The third-order valence-corrected chi connectivity index (χ3v) is 7.81. The predicted molar refractivity (Wildman–Crippen MR) is 133 cm³/mol. The molecule has 200 valence electrons. The third kappa shape index (κ3) is 5.01. The number of aliphatic hydroxyl groups excluding tert-OH is 1. The SMILES string of the molecule is C[C@@H]1Cc2c([nH]c3ccccc23)[C@@H](c2ccc([C@@H](F)C3CN(CCCF)C3)cc2F)N1CC(F)(F)CO. The van der Waals surface area contributed by atoms with Gasteiger partial charge < -0.3 is 15.0 Å². The molecule has 3 heterocycles. The summed E-state index contributed by atoms with van der Waals surface area (Å²) in [6, 6.07) is 10.6. The van der Waals surface area contributed by atoms with Crippen LogP contribution in [0.2, 0.25) is 0 Å². The van der Waals surface area contributed by atoms with Gasteiger partial charge in [0.1, 0.15) is 18.6 Å². The van der Waals surface area contributed by atoms with E-state index in [4.69, 9.17) is 0 Å². The fourth-order valence-electron chi connectivity index (χ4n) is 5.88. The number of aliphatic hydroxyl groups is 1. The van der Waals surface area contributed by atoms with Gasteiger partial charge in [-0.2, -0.15) is 0 Å². The molecule has 9 heteroatoms. The Hall–Kier alpha value is -2.49. The summed E-state index contributed by atoms with van der Waals surface area (Å²) in [5.41, 5.74) is 2.82. The van der Waals surface area contributed by atoms with Crippen LogP contribution in [0.5, 0.6) is 0 Å². The number of aromatic nitrogens is 1. The van der Waals surface area contributed by atoms with Crippen molar-refractivity contribution in [1.82, 2.24) is 14.8 Å². The molecule has 0 bridgehead atoms. The van der Waals surface area contributed by atoms with Gasteiger partial charge in [-0.25, -0.2) is 17.6 Å². The lowest BCUT2D eigenvalue weighted by Gasteiger charge is -2.42. The van der Waals surface area contributed by atoms with Crippen LogP contribution < -0.4 is 0 Å². The van der Waals surface area contributed by atoms with Crippen LogP contribution in [0.1, 0.15) is 47.9 Å². The maximum atomic E-state index is 15.7. The van der Waals surface area contributed by atoms with Crippen molar-refractivity contribution in [2.45, 2.75) is 43.9 Å². The Morgan fingerprint density at radius 3 is 2.62 bits per heavy atom. The fourth-order valence-corrected chi connectivity index (χ4v) is 5.88. The molecule has 37 heavy (non-hydrogen) atoms. The van der Waals surface area contributed by atoms with E-state index in [0.717, 1.165) is 16.5 Å². The van der Waals surface area contributed by atoms with Crippen LogP contribution in [0.3, 0.4) is 0 Å². The lowest BCUT2D eigenvalue weighted by atomic mass is 9.86. The Bertz CT molecular complexity index is 1240. The van der Waals surface area contributed by atoms with Gasteiger partial charge in [-0.1, -0.05) is 30.3 Å². The molecule has 0 radical (unpaired) electrons. The Morgan fingerprint density at radius 1 is 1.16 bits per heavy atom. The first-order valence-electron chi connectivity index (χ1n) is 12.8. The quantitative estimate of drug-likeness (QED) is 0.362. The third-order valence-electron chi connectivity index (χ3n) is 7.81. The highest BCUT2D eigenvalue weighted by molar-refractivity contribution is 5.85. The van der Waals surface area contributed by atoms with E-state index in [-0.39, 0.29) is 23.1 Å². The number of H-pyrrole nitrogens is 1. The lowest BCUT2D eigenvalue weighted by molar-refractivity contribution is -0.0866. The molecule has 2 aliphatic heterocycles. The molecule has 1 aromatic heterocycles. The van der Waals surface area contributed by atoms with E-state index < -0.39 is 43.8 Å². The second kappa shape index (κ2) is 10.3. The molecule has 0 unspecified atom stereocenters. The number of likely N-dealkylation sites (tertiary alicyclic amines) is 1. The molecule has 2 aliphatic rings. The molecule has 1 saturated heterocycles. The van der Waals surface area contributed by atoms with Gasteiger partial charge in [0.05, 0.1) is 19.3 Å². The number of halogens is 5. The second-order valence-corrected chi connectivity index (χ2v) is 10.4. The number of benzene rings is 2. The van der Waals surface area contributed by atoms with Crippen LogP contribution in [0.4, 0.5) is 22.0 Å². The number of alkyl halides is 4. The van der Waals surface area contributed by atoms with Gasteiger partial charge in [0.15, 0.2) is 0 Å². The summed E-state index contributed by atoms with van der Waals surface area (Å²) in [6.07, 6.45) is -0.465. The lowest BCUT2D eigenvalue weighted by Crippen LogP contribution is -2.49. The van der Waals surface area contributed by atoms with Crippen LogP contribution in [-0.2, 0) is 6.42 Å². The molecule has 0 saturated carbocycles. The minimum atomic E-state index is -3.37. The van der Waals surface area contributed by atoms with Crippen LogP contribution >= 0.6 is 0 Å². The van der Waals surface area contributed by atoms with Crippen molar-refractivity contribution in [3.63, 3.8) is 0 Å². The Morgan fingerprint density at radius 2 is 1.92 bits per heavy atom. The van der Waals surface area contributed by atoms with Crippen molar-refractivity contribution in [2.75, 3.05) is 39.5 Å². The van der Waals surface area contributed by atoms with Crippen LogP contribution in [0, 0.1) is 11.7 Å². The number of para-hydroxylation sites is 1. The summed E-state index contributed by atoms with van der Waals surface area (Å²) in [7, 11) is 0. The molecular formula is C28H32F5N3O. The van der Waals surface area contributed by atoms with E-state index in [2.05, 4.69) is 4.98 Å². The topological polar surface area (TPSA) is 42.5 Å². The average molecular weight is 522 g/mol. The summed E-state index contributed by atoms with van der Waals surface area (Å²) in [4.78, 5) is 6.81. The van der Waals surface area contributed by atoms with E-state index in [1.807, 2.05) is 36.1 Å². The first kappa shape index (κ1) is 26.1. The van der Waals surface area contributed by atoms with Gasteiger partial charge in [-0.15, -0.1) is 0 Å². The highest BCUT2D eigenvalue weighted by atomic mass is 19.3. The first-order valence-corrected chi connectivity index (χ1v) is 12.8. The number of fused-ring (bicyclic) bond motifs is 3. The molecule has 2 aromatic carbocycles. The van der Waals surface area contributed by atoms with Crippen LogP contribution in [0.25, 0.3) is 10.9 Å². The Kier molecular flexibility index (Phi) is 7.31. The van der Waals surface area contributed by atoms with Gasteiger partial charge in [-0.3, -0.25) is 9.29 Å². The molecular weight excluding hydrogens is 489 g/mol. The molecule has 4 nitrogen and oxygen atoms in total. The van der Waals surface area contributed by atoms with E-state index >= 15 is 8.78 Å². The molecule has 2 N–H and O–H groups in total. The van der Waals surface area contributed by atoms with Gasteiger partial charge >= 0.3 is 0 Å². The van der Waals surface area contributed by atoms with Crippen molar-refractivity contribution in [3.8, 4) is 0 Å². The number of aromatic amines is 1. The summed E-state index contributed by atoms with van der Waals surface area (Å²) < 4.78 is 72.1. The number of nitrogens with one attached hydrogen (secondary N) is 1. The monoisotopic (exact) mass is 521 g/mol. The smallest absolute Gasteiger partial charge is 0.283 e. The van der Waals surface area contributed by atoms with Crippen molar-refractivity contribution >= 4 is 10.9 Å². The number of hydrogen-bond donors (Lipinski definition) is 2. The number of nitrogens with zero attached hydrogens (tertiary/aromatic N) is 2. The zero-order valence-electron chi connectivity index (χ0n) is 20.7. The Balaban J connectivity index is 1.48. The van der Waals surface area contributed by atoms with Crippen molar-refractivity contribution in [1.29, 1.82) is 0 Å². The standard InChI is InChI=1S/C28H32F5N3O/c1-17-11-22-20-5-2-3-6-24(20)34-26(22)27(36(17)15-28(32,33)16-37)21-8-7-18(12-23(21)30)25(31)19-13-35(14-19)10-4-9-29/h2-3,5-8,12,17,19,25,27,34,37H,4,9-11,13-16H2,1H3/t17-,25-,27-/m1/s1. The normalized spacial score (nSPS) is 22.2. The first-order chi connectivity index (χ1) is 17.7. The largest absolute Gasteiger partial charge is 0.390 e. The van der Waals surface area contributed by atoms with E-state index in [0.29, 0.717) is 38.2 Å². The average Bonchev–Trinajstić information content (AvgIpc) is 3.21. The number of hydrogen-bond acceptors (Lipinski definition) is 3. The van der Waals surface area contributed by atoms with Crippen molar-refractivity contribution in [3.05, 3.63) is 70.7 Å². The zero-order chi connectivity index (χ0) is 26.3. The second-order valence-electron chi connectivity index (χ2n) is 10.4. The predicted octanol–water partition coefficient (Wildman–Crippen LogP) is 5.57. The molecule has 3 aromatic rings. The van der Waals surface area contributed by atoms with Gasteiger partial charge in [0.2, 0.25) is 0 Å². The van der Waals surface area contributed by atoms with Gasteiger partial charge in [0.25, 0.3) is 5.92 Å². The summed E-state index contributed by atoms with van der Waals surface area (Å²) >= 11 is 0. The molecule has 5 rings (SSSR count). The Labute approximate surface area is 213 Å². The maximum absolute atomic E-state index is 15.7. The van der Waals surface area contributed by atoms with Gasteiger partial charge in [0, 0.05) is 53.8 Å². The fraction of sp³-hybridized carbons (Fsp3) is 0.500. The van der Waals surface area contributed by atoms with E-state index in [1.54, 1.807) is 0 Å². The number of rotatable bonds is 9. The van der Waals surface area contributed by atoms with Crippen molar-refractivity contribution < 1.29 is 27.1 Å². The summed E-state index contributed by atoms with van der Waals surface area (Å²) in [5.74, 6) is -4.32. The molecule has 0 amide bonds. The highest BCUT2D eigenvalue weighted by Gasteiger charge is 2.43. The zero-order valence-corrected chi connectivity index (χ0v) is 20.7. The minimum Gasteiger partial charge on any atom is -0.390 e. The molecule has 0 spiro atoms. The van der Waals surface area contributed by atoms with Crippen LogP contribution in [0.15, 0.2) is 42.5 Å².